The van der Waals surface area contributed by atoms with E-state index in [9.17, 15) is 0 Å². The molecule has 2 unspecified atom stereocenters. The van der Waals surface area contributed by atoms with Crippen LogP contribution in [0.25, 0.3) is 0 Å². The van der Waals surface area contributed by atoms with Crippen molar-refractivity contribution < 1.29 is 9.47 Å². The largest absolute Gasteiger partial charge is 0.381 e. The van der Waals surface area contributed by atoms with Gasteiger partial charge in [0.25, 0.3) is 0 Å². The van der Waals surface area contributed by atoms with E-state index in [0.717, 1.165) is 26.2 Å². The van der Waals surface area contributed by atoms with E-state index < -0.39 is 0 Å². The average Bonchev–Trinajstić information content (AvgIpc) is 2.76. The quantitative estimate of drug-likeness (QED) is 0.659. The molecule has 70 valence electrons. The van der Waals surface area contributed by atoms with Crippen molar-refractivity contribution in [1.82, 2.24) is 0 Å². The normalized spacial score (nSPS) is 42.2. The molecule has 0 saturated carbocycles. The highest BCUT2D eigenvalue weighted by Gasteiger charge is 2.43. The van der Waals surface area contributed by atoms with Crippen molar-refractivity contribution in [2.45, 2.75) is 25.4 Å². The van der Waals surface area contributed by atoms with E-state index >= 15 is 0 Å². The molecule has 2 N–H and O–H groups in total. The van der Waals surface area contributed by atoms with E-state index in [2.05, 4.69) is 0 Å². The summed E-state index contributed by atoms with van der Waals surface area (Å²) in [6, 6.07) is 0. The first kappa shape index (κ1) is 8.48. The van der Waals surface area contributed by atoms with Gasteiger partial charge in [0.15, 0.2) is 0 Å². The zero-order chi connectivity index (χ0) is 8.44. The summed E-state index contributed by atoms with van der Waals surface area (Å²) in [5, 5.41) is 0. The Balaban J connectivity index is 2.04. The van der Waals surface area contributed by atoms with E-state index in [1.165, 1.54) is 12.8 Å². The Morgan fingerprint density at radius 3 is 2.83 bits per heavy atom. The summed E-state index contributed by atoms with van der Waals surface area (Å²) in [5.74, 6) is 0. The molecular formula is C9H17NO2. The molecule has 12 heavy (non-hydrogen) atoms. The molecule has 2 rings (SSSR count). The maximum absolute atomic E-state index is 5.79. The van der Waals surface area contributed by atoms with Crippen molar-refractivity contribution in [2.75, 3.05) is 26.4 Å². The van der Waals surface area contributed by atoms with Crippen LogP contribution in [-0.4, -0.2) is 32.5 Å². The highest BCUT2D eigenvalue weighted by Crippen LogP contribution is 2.37. The monoisotopic (exact) mass is 171 g/mol. The van der Waals surface area contributed by atoms with Crippen molar-refractivity contribution in [3.8, 4) is 0 Å². The minimum atomic E-state index is 0.149. The zero-order valence-electron chi connectivity index (χ0n) is 7.42. The van der Waals surface area contributed by atoms with Crippen LogP contribution in [0.5, 0.6) is 0 Å². The molecule has 2 atom stereocenters. The van der Waals surface area contributed by atoms with E-state index in [1.807, 2.05) is 0 Å². The standard InChI is InChI=1S/C9H17NO2/c10-6-9(3-5-11-7-9)8-2-1-4-12-8/h8H,1-7,10H2. The maximum Gasteiger partial charge on any atom is 0.0667 e. The smallest absolute Gasteiger partial charge is 0.0667 e. The number of hydrogen-bond acceptors (Lipinski definition) is 3. The van der Waals surface area contributed by atoms with Gasteiger partial charge in [-0.3, -0.25) is 0 Å². The lowest BCUT2D eigenvalue weighted by molar-refractivity contribution is -0.00254. The minimum absolute atomic E-state index is 0.149. The number of ether oxygens (including phenoxy) is 2. The SMILES string of the molecule is NCC1(C2CCCO2)CCOC1. The second-order valence-electron chi connectivity index (χ2n) is 3.87. The van der Waals surface area contributed by atoms with Crippen LogP contribution in [0.3, 0.4) is 0 Å². The highest BCUT2D eigenvalue weighted by molar-refractivity contribution is 4.93. The molecule has 0 spiro atoms. The van der Waals surface area contributed by atoms with Crippen molar-refractivity contribution in [2.24, 2.45) is 11.1 Å². The van der Waals surface area contributed by atoms with E-state index in [0.29, 0.717) is 12.6 Å². The van der Waals surface area contributed by atoms with Gasteiger partial charge in [0.05, 0.1) is 12.7 Å². The second kappa shape index (κ2) is 3.32. The molecule has 2 saturated heterocycles. The molecule has 2 heterocycles. The zero-order valence-corrected chi connectivity index (χ0v) is 7.42. The molecule has 0 aliphatic carbocycles. The lowest BCUT2D eigenvalue weighted by Gasteiger charge is -2.31. The molecular weight excluding hydrogens is 154 g/mol. The fourth-order valence-corrected chi connectivity index (χ4v) is 2.23. The summed E-state index contributed by atoms with van der Waals surface area (Å²) in [5.41, 5.74) is 5.94. The molecule has 0 radical (unpaired) electrons. The molecule has 2 fully saturated rings. The Bertz CT molecular complexity index is 149. The molecule has 0 bridgehead atoms. The first-order chi connectivity index (χ1) is 5.87. The van der Waals surface area contributed by atoms with Crippen LogP contribution in [0, 0.1) is 5.41 Å². The maximum atomic E-state index is 5.79. The van der Waals surface area contributed by atoms with Crippen molar-refractivity contribution in [3.63, 3.8) is 0 Å². The first-order valence-electron chi connectivity index (χ1n) is 4.77. The summed E-state index contributed by atoms with van der Waals surface area (Å²) in [4.78, 5) is 0. The Morgan fingerprint density at radius 1 is 1.42 bits per heavy atom. The molecule has 0 aromatic rings. The van der Waals surface area contributed by atoms with Gasteiger partial charge in [0.2, 0.25) is 0 Å². The van der Waals surface area contributed by atoms with Gasteiger partial charge in [-0.25, -0.2) is 0 Å². The van der Waals surface area contributed by atoms with Gasteiger partial charge >= 0.3 is 0 Å². The topological polar surface area (TPSA) is 44.5 Å². The lowest BCUT2D eigenvalue weighted by atomic mass is 9.80. The minimum Gasteiger partial charge on any atom is -0.381 e. The summed E-state index contributed by atoms with van der Waals surface area (Å²) in [6.07, 6.45) is 3.80. The van der Waals surface area contributed by atoms with Gasteiger partial charge in [-0.05, 0) is 19.3 Å². The third kappa shape index (κ3) is 1.26. The Morgan fingerprint density at radius 2 is 2.33 bits per heavy atom. The number of rotatable bonds is 2. The second-order valence-corrected chi connectivity index (χ2v) is 3.87. The summed E-state index contributed by atoms with van der Waals surface area (Å²) in [6.45, 7) is 3.27. The highest BCUT2D eigenvalue weighted by atomic mass is 16.5. The van der Waals surface area contributed by atoms with Gasteiger partial charge in [0.1, 0.15) is 0 Å². The molecule has 2 aliphatic rings. The molecule has 3 nitrogen and oxygen atoms in total. The van der Waals surface area contributed by atoms with Crippen LogP contribution < -0.4 is 5.73 Å². The van der Waals surface area contributed by atoms with Gasteiger partial charge < -0.3 is 15.2 Å². The van der Waals surface area contributed by atoms with Crippen LogP contribution >= 0.6 is 0 Å². The molecule has 3 heteroatoms. The Kier molecular flexibility index (Phi) is 2.35. The summed E-state index contributed by atoms with van der Waals surface area (Å²) < 4.78 is 11.1. The van der Waals surface area contributed by atoms with E-state index in [1.54, 1.807) is 0 Å². The molecule has 0 aromatic carbocycles. The molecule has 2 aliphatic heterocycles. The average molecular weight is 171 g/mol. The van der Waals surface area contributed by atoms with Gasteiger partial charge in [-0.2, -0.15) is 0 Å². The van der Waals surface area contributed by atoms with Gasteiger partial charge in [-0.15, -0.1) is 0 Å². The third-order valence-corrected chi connectivity index (χ3v) is 3.15. The Labute approximate surface area is 73.2 Å². The Hall–Kier alpha value is -0.120. The summed E-state index contributed by atoms with van der Waals surface area (Å²) in [7, 11) is 0. The fraction of sp³-hybridized carbons (Fsp3) is 1.00. The molecule has 0 amide bonds. The van der Waals surface area contributed by atoms with Crippen LogP contribution in [-0.2, 0) is 9.47 Å². The van der Waals surface area contributed by atoms with E-state index in [4.69, 9.17) is 15.2 Å². The molecule has 0 aromatic heterocycles. The first-order valence-corrected chi connectivity index (χ1v) is 4.77. The fourth-order valence-electron chi connectivity index (χ4n) is 2.23. The van der Waals surface area contributed by atoms with Crippen molar-refractivity contribution >= 4 is 0 Å². The predicted octanol–water partition coefficient (Wildman–Crippen LogP) is 0.531. The number of nitrogens with two attached hydrogens (primary N) is 1. The van der Waals surface area contributed by atoms with Crippen molar-refractivity contribution in [1.29, 1.82) is 0 Å². The van der Waals surface area contributed by atoms with Crippen LogP contribution in [0.4, 0.5) is 0 Å². The van der Waals surface area contributed by atoms with Crippen LogP contribution in [0.2, 0.25) is 0 Å². The van der Waals surface area contributed by atoms with Crippen LogP contribution in [0.15, 0.2) is 0 Å². The summed E-state index contributed by atoms with van der Waals surface area (Å²) >= 11 is 0. The van der Waals surface area contributed by atoms with Gasteiger partial charge in [0, 0.05) is 25.2 Å². The van der Waals surface area contributed by atoms with Crippen molar-refractivity contribution in [3.05, 3.63) is 0 Å². The lowest BCUT2D eigenvalue weighted by Crippen LogP contribution is -2.42. The number of hydrogen-bond donors (Lipinski definition) is 1. The third-order valence-electron chi connectivity index (χ3n) is 3.15. The van der Waals surface area contributed by atoms with E-state index in [-0.39, 0.29) is 5.41 Å². The predicted molar refractivity (Wildman–Crippen MR) is 45.9 cm³/mol. The van der Waals surface area contributed by atoms with Crippen LogP contribution in [0.1, 0.15) is 19.3 Å². The van der Waals surface area contributed by atoms with Gasteiger partial charge in [-0.1, -0.05) is 0 Å².